The molecule has 1 aromatic carbocycles. The molecule has 0 bridgehead atoms. The zero-order chi connectivity index (χ0) is 16.3. The van der Waals surface area contributed by atoms with Crippen LogP contribution in [-0.2, 0) is 16.4 Å². The summed E-state index contributed by atoms with van der Waals surface area (Å²) in [5, 5.41) is 6.64. The number of rotatable bonds is 5. The Labute approximate surface area is 156 Å². The van der Waals surface area contributed by atoms with Gasteiger partial charge >= 0.3 is 0 Å². The number of halogens is 1. The molecule has 23 heavy (non-hydrogen) atoms. The molecule has 0 heterocycles. The van der Waals surface area contributed by atoms with Crippen molar-refractivity contribution in [2.24, 2.45) is 10.9 Å². The van der Waals surface area contributed by atoms with Gasteiger partial charge in [0, 0.05) is 18.8 Å². The lowest BCUT2D eigenvalue weighted by Gasteiger charge is -2.11. The number of nitrogens with zero attached hydrogens (tertiary/aromatic N) is 1. The first-order chi connectivity index (χ1) is 10.3. The van der Waals surface area contributed by atoms with Crippen molar-refractivity contribution in [3.8, 4) is 0 Å². The van der Waals surface area contributed by atoms with Gasteiger partial charge in [0.15, 0.2) is 15.8 Å². The second-order valence-corrected chi connectivity index (χ2v) is 8.02. The van der Waals surface area contributed by atoms with Crippen molar-refractivity contribution in [3.05, 3.63) is 29.3 Å². The Morgan fingerprint density at radius 2 is 2.04 bits per heavy atom. The van der Waals surface area contributed by atoms with E-state index in [1.807, 2.05) is 26.0 Å². The van der Waals surface area contributed by atoms with Crippen molar-refractivity contribution < 1.29 is 8.42 Å². The fourth-order valence-electron chi connectivity index (χ4n) is 2.42. The van der Waals surface area contributed by atoms with E-state index < -0.39 is 9.84 Å². The van der Waals surface area contributed by atoms with Crippen LogP contribution in [0, 0.1) is 12.8 Å². The minimum absolute atomic E-state index is 0. The number of aryl methyl sites for hydroxylation is 1. The van der Waals surface area contributed by atoms with E-state index in [1.165, 1.54) is 12.7 Å². The summed E-state index contributed by atoms with van der Waals surface area (Å²) < 4.78 is 23.3. The summed E-state index contributed by atoms with van der Waals surface area (Å²) in [5.41, 5.74) is 1.77. The van der Waals surface area contributed by atoms with Crippen LogP contribution in [0.5, 0.6) is 0 Å². The fourth-order valence-corrected chi connectivity index (χ4v) is 3.37. The lowest BCUT2D eigenvalue weighted by molar-refractivity contribution is 0.601. The minimum Gasteiger partial charge on any atom is -0.357 e. The molecule has 0 amide bonds. The van der Waals surface area contributed by atoms with Gasteiger partial charge in [-0.25, -0.2) is 13.4 Å². The first-order valence-electron chi connectivity index (χ1n) is 7.65. The highest BCUT2D eigenvalue weighted by atomic mass is 127. The molecule has 1 saturated carbocycles. The number of guanidine groups is 1. The van der Waals surface area contributed by atoms with Crippen LogP contribution in [0.15, 0.2) is 28.1 Å². The van der Waals surface area contributed by atoms with E-state index in [-0.39, 0.29) is 24.0 Å². The van der Waals surface area contributed by atoms with Gasteiger partial charge < -0.3 is 10.6 Å². The maximum absolute atomic E-state index is 11.6. The van der Waals surface area contributed by atoms with Gasteiger partial charge in [0.25, 0.3) is 0 Å². The van der Waals surface area contributed by atoms with Crippen LogP contribution in [0.4, 0.5) is 0 Å². The average Bonchev–Trinajstić information content (AvgIpc) is 3.10. The normalized spacial score (nSPS) is 20.6. The number of hydrogen-bond acceptors (Lipinski definition) is 3. The van der Waals surface area contributed by atoms with Crippen LogP contribution in [0.2, 0.25) is 0 Å². The van der Waals surface area contributed by atoms with Gasteiger partial charge in [0.2, 0.25) is 0 Å². The predicted molar refractivity (Wildman–Crippen MR) is 105 cm³/mol. The smallest absolute Gasteiger partial charge is 0.191 e. The molecule has 2 N–H and O–H groups in total. The van der Waals surface area contributed by atoms with E-state index in [1.54, 1.807) is 6.07 Å². The van der Waals surface area contributed by atoms with E-state index in [0.29, 0.717) is 23.4 Å². The number of aliphatic imine (C=N–C) groups is 1. The number of nitrogens with one attached hydrogen (secondary N) is 2. The third kappa shape index (κ3) is 5.95. The van der Waals surface area contributed by atoms with Gasteiger partial charge in [-0.2, -0.15) is 0 Å². The Kier molecular flexibility index (Phi) is 7.31. The van der Waals surface area contributed by atoms with Crippen molar-refractivity contribution in [1.29, 1.82) is 0 Å². The number of sulfone groups is 1. The summed E-state index contributed by atoms with van der Waals surface area (Å²) in [5.74, 6) is 1.53. The van der Waals surface area contributed by atoms with Gasteiger partial charge in [0.1, 0.15) is 0 Å². The molecule has 1 aliphatic rings. The van der Waals surface area contributed by atoms with Crippen molar-refractivity contribution in [2.45, 2.75) is 44.7 Å². The lowest BCUT2D eigenvalue weighted by Crippen LogP contribution is -2.39. The summed E-state index contributed by atoms with van der Waals surface area (Å²) >= 11 is 0. The van der Waals surface area contributed by atoms with E-state index in [9.17, 15) is 8.42 Å². The molecule has 1 aromatic rings. The Bertz CT molecular complexity index is 674. The second-order valence-electron chi connectivity index (χ2n) is 6.03. The molecule has 0 spiro atoms. The van der Waals surface area contributed by atoms with Gasteiger partial charge in [-0.1, -0.05) is 19.1 Å². The maximum Gasteiger partial charge on any atom is 0.191 e. The van der Waals surface area contributed by atoms with Gasteiger partial charge in [-0.05, 0) is 43.4 Å². The first-order valence-corrected chi connectivity index (χ1v) is 9.55. The molecule has 2 rings (SSSR count). The van der Waals surface area contributed by atoms with E-state index >= 15 is 0 Å². The highest BCUT2D eigenvalue weighted by molar-refractivity contribution is 14.0. The molecule has 5 nitrogen and oxygen atoms in total. The summed E-state index contributed by atoms with van der Waals surface area (Å²) in [6, 6.07) is 5.91. The van der Waals surface area contributed by atoms with E-state index in [0.717, 1.165) is 23.6 Å². The summed E-state index contributed by atoms with van der Waals surface area (Å²) in [6.45, 7) is 7.42. The van der Waals surface area contributed by atoms with E-state index in [2.05, 4.69) is 22.5 Å². The van der Waals surface area contributed by atoms with E-state index in [4.69, 9.17) is 0 Å². The molecular formula is C16H26IN3O2S. The van der Waals surface area contributed by atoms with Crippen LogP contribution < -0.4 is 10.6 Å². The van der Waals surface area contributed by atoms with Crippen molar-refractivity contribution in [2.75, 3.05) is 12.8 Å². The number of hydrogen-bond donors (Lipinski definition) is 2. The van der Waals surface area contributed by atoms with Crippen molar-refractivity contribution >= 4 is 39.8 Å². The standard InChI is InChI=1S/C16H25N3O2S.HI/c1-5-17-16(19-14-9-11(14)2)18-10-13-6-7-15(12(3)8-13)22(4,20)21;/h6-8,11,14H,5,9-10H2,1-4H3,(H2,17,18,19);1H. The Morgan fingerprint density at radius 3 is 2.52 bits per heavy atom. The largest absolute Gasteiger partial charge is 0.357 e. The summed E-state index contributed by atoms with van der Waals surface area (Å²) in [7, 11) is -3.16. The van der Waals surface area contributed by atoms with Gasteiger partial charge in [-0.3, -0.25) is 0 Å². The third-order valence-electron chi connectivity index (χ3n) is 3.83. The molecule has 0 aliphatic heterocycles. The highest BCUT2D eigenvalue weighted by Gasteiger charge is 2.33. The average molecular weight is 451 g/mol. The topological polar surface area (TPSA) is 70.6 Å². The van der Waals surface area contributed by atoms with Gasteiger partial charge in [-0.15, -0.1) is 24.0 Å². The predicted octanol–water partition coefficient (Wildman–Crippen LogP) is 2.48. The lowest BCUT2D eigenvalue weighted by atomic mass is 10.1. The Hall–Kier alpha value is -0.830. The molecule has 0 radical (unpaired) electrons. The highest BCUT2D eigenvalue weighted by Crippen LogP contribution is 2.28. The zero-order valence-electron chi connectivity index (χ0n) is 14.1. The van der Waals surface area contributed by atoms with Crippen molar-refractivity contribution in [1.82, 2.24) is 10.6 Å². The SMILES string of the molecule is CCNC(=NCc1ccc(S(C)(=O)=O)c(C)c1)NC1CC1C.I. The molecular weight excluding hydrogens is 425 g/mol. The fraction of sp³-hybridized carbons (Fsp3) is 0.562. The van der Waals surface area contributed by atoms with Crippen LogP contribution in [0.25, 0.3) is 0 Å². The molecule has 0 saturated heterocycles. The third-order valence-corrected chi connectivity index (χ3v) is 5.09. The zero-order valence-corrected chi connectivity index (χ0v) is 17.2. The Balaban J connectivity index is 0.00000264. The quantitative estimate of drug-likeness (QED) is 0.410. The van der Waals surface area contributed by atoms with Gasteiger partial charge in [0.05, 0.1) is 11.4 Å². The molecule has 7 heteroatoms. The van der Waals surface area contributed by atoms with Crippen LogP contribution in [0.1, 0.15) is 31.4 Å². The summed E-state index contributed by atoms with van der Waals surface area (Å²) in [4.78, 5) is 4.96. The first kappa shape index (κ1) is 20.2. The van der Waals surface area contributed by atoms with Crippen molar-refractivity contribution in [3.63, 3.8) is 0 Å². The monoisotopic (exact) mass is 451 g/mol. The van der Waals surface area contributed by atoms with Crippen LogP contribution in [0.3, 0.4) is 0 Å². The molecule has 2 atom stereocenters. The molecule has 1 aliphatic carbocycles. The molecule has 2 unspecified atom stereocenters. The number of benzene rings is 1. The molecule has 130 valence electrons. The molecule has 1 fully saturated rings. The molecule has 0 aromatic heterocycles. The second kappa shape index (κ2) is 8.32. The van der Waals surface area contributed by atoms with Crippen LogP contribution in [-0.4, -0.2) is 33.2 Å². The maximum atomic E-state index is 11.6. The summed E-state index contributed by atoms with van der Waals surface area (Å²) in [6.07, 6.45) is 2.42. The Morgan fingerprint density at radius 1 is 1.39 bits per heavy atom. The van der Waals surface area contributed by atoms with Crippen LogP contribution >= 0.6 is 24.0 Å². The minimum atomic E-state index is -3.16.